The van der Waals surface area contributed by atoms with Crippen molar-refractivity contribution in [3.8, 4) is 0 Å². The van der Waals surface area contributed by atoms with Gasteiger partial charge in [-0.3, -0.25) is 4.79 Å². The van der Waals surface area contributed by atoms with Gasteiger partial charge in [-0.15, -0.1) is 0 Å². The van der Waals surface area contributed by atoms with Crippen molar-refractivity contribution in [2.24, 2.45) is 10.9 Å². The highest BCUT2D eigenvalue weighted by atomic mass is 16.5. The van der Waals surface area contributed by atoms with E-state index in [-0.39, 0.29) is 12.1 Å². The second-order valence-corrected chi connectivity index (χ2v) is 7.07. The second-order valence-electron chi connectivity index (χ2n) is 7.07. The van der Waals surface area contributed by atoms with Crippen LogP contribution in [-0.4, -0.2) is 23.8 Å². The molecule has 2 unspecified atom stereocenters. The number of urea groups is 1. The lowest BCUT2D eigenvalue weighted by Gasteiger charge is -2.31. The van der Waals surface area contributed by atoms with Gasteiger partial charge in [0.15, 0.2) is 0 Å². The molecule has 2 aliphatic rings. The van der Waals surface area contributed by atoms with E-state index in [1.54, 1.807) is 6.92 Å². The quantitative estimate of drug-likeness (QED) is 0.845. The van der Waals surface area contributed by atoms with Crippen molar-refractivity contribution in [3.05, 3.63) is 48.0 Å². The summed E-state index contributed by atoms with van der Waals surface area (Å²) in [4.78, 5) is 29.0. The lowest BCUT2D eigenvalue weighted by atomic mass is 9.86. The number of amides is 2. The standard InChI is InChI=1S/C21H22N2O3/c1-13-18(20(24)26-15-9-3-4-10-15)19(23-21(25)22-13)17-12-6-8-14-7-2-5-11-16(14)17/h2,5-8,11-12,15,18-19H,3-4,9-10H2,1H3,(H,23,25). The zero-order chi connectivity index (χ0) is 18.1. The average Bonchev–Trinajstić information content (AvgIpc) is 3.13. The van der Waals surface area contributed by atoms with Gasteiger partial charge in [-0.25, -0.2) is 9.79 Å². The molecular formula is C21H22N2O3. The number of aliphatic imine (C=N–C) groups is 1. The molecule has 0 spiro atoms. The number of ether oxygens (including phenoxy) is 1. The van der Waals surface area contributed by atoms with Gasteiger partial charge < -0.3 is 10.1 Å². The molecule has 0 aromatic heterocycles. The van der Waals surface area contributed by atoms with Gasteiger partial charge in [-0.1, -0.05) is 42.5 Å². The van der Waals surface area contributed by atoms with E-state index >= 15 is 0 Å². The summed E-state index contributed by atoms with van der Waals surface area (Å²) in [6.07, 6.45) is 4.01. The van der Waals surface area contributed by atoms with E-state index in [0.29, 0.717) is 5.71 Å². The number of nitrogens with zero attached hydrogens (tertiary/aromatic N) is 1. The molecule has 1 saturated carbocycles. The van der Waals surface area contributed by atoms with E-state index in [0.717, 1.165) is 42.0 Å². The molecule has 5 nitrogen and oxygen atoms in total. The maximum absolute atomic E-state index is 12.9. The number of nitrogens with one attached hydrogen (secondary N) is 1. The molecule has 1 N–H and O–H groups in total. The van der Waals surface area contributed by atoms with Crippen molar-refractivity contribution in [3.63, 3.8) is 0 Å². The van der Waals surface area contributed by atoms with E-state index in [2.05, 4.69) is 10.3 Å². The van der Waals surface area contributed by atoms with Crippen LogP contribution < -0.4 is 5.32 Å². The van der Waals surface area contributed by atoms with Gasteiger partial charge in [0.25, 0.3) is 0 Å². The average molecular weight is 350 g/mol. The Balaban J connectivity index is 1.72. The largest absolute Gasteiger partial charge is 0.462 e. The van der Waals surface area contributed by atoms with Crippen LogP contribution in [0.4, 0.5) is 4.79 Å². The molecule has 0 radical (unpaired) electrons. The first-order chi connectivity index (χ1) is 12.6. The molecule has 0 bridgehead atoms. The summed E-state index contributed by atoms with van der Waals surface area (Å²) in [5.41, 5.74) is 1.42. The minimum absolute atomic E-state index is 0.0129. The fourth-order valence-corrected chi connectivity index (χ4v) is 4.05. The van der Waals surface area contributed by atoms with Crippen LogP contribution in [0.15, 0.2) is 47.5 Å². The summed E-state index contributed by atoms with van der Waals surface area (Å²) in [7, 11) is 0. The maximum atomic E-state index is 12.9. The van der Waals surface area contributed by atoms with Crippen molar-refractivity contribution < 1.29 is 14.3 Å². The third kappa shape index (κ3) is 3.09. The van der Waals surface area contributed by atoms with Crippen molar-refractivity contribution in [1.82, 2.24) is 5.32 Å². The van der Waals surface area contributed by atoms with Crippen molar-refractivity contribution >= 4 is 28.5 Å². The molecule has 134 valence electrons. The third-order valence-electron chi connectivity index (χ3n) is 5.34. The van der Waals surface area contributed by atoms with Crippen molar-refractivity contribution in [2.45, 2.75) is 44.8 Å². The number of carbonyl (C=O) groups excluding carboxylic acids is 2. The monoisotopic (exact) mass is 350 g/mol. The Hall–Kier alpha value is -2.69. The number of hydrogen-bond acceptors (Lipinski definition) is 3. The summed E-state index contributed by atoms with van der Waals surface area (Å²) in [6.45, 7) is 1.73. The summed E-state index contributed by atoms with van der Waals surface area (Å²) in [5.74, 6) is -0.893. The first-order valence-corrected chi connectivity index (χ1v) is 9.17. The highest BCUT2D eigenvalue weighted by Gasteiger charge is 2.39. The highest BCUT2D eigenvalue weighted by Crippen LogP contribution is 2.34. The molecule has 0 saturated heterocycles. The van der Waals surface area contributed by atoms with Gasteiger partial charge in [0.05, 0.1) is 6.04 Å². The smallest absolute Gasteiger partial charge is 0.341 e. The topological polar surface area (TPSA) is 67.8 Å². The summed E-state index contributed by atoms with van der Waals surface area (Å²) in [5, 5.41) is 4.98. The van der Waals surface area contributed by atoms with Gasteiger partial charge >= 0.3 is 12.0 Å². The molecule has 1 aliphatic carbocycles. The first-order valence-electron chi connectivity index (χ1n) is 9.17. The van der Waals surface area contributed by atoms with Crippen molar-refractivity contribution in [1.29, 1.82) is 0 Å². The molecular weight excluding hydrogens is 328 g/mol. The van der Waals surface area contributed by atoms with Crippen LogP contribution in [0, 0.1) is 5.92 Å². The number of benzene rings is 2. The Morgan fingerprint density at radius 2 is 1.85 bits per heavy atom. The van der Waals surface area contributed by atoms with E-state index < -0.39 is 18.0 Å². The normalized spacial score (nSPS) is 23.6. The molecule has 2 amide bonds. The van der Waals surface area contributed by atoms with Gasteiger partial charge in [-0.05, 0) is 48.9 Å². The Labute approximate surface area is 152 Å². The molecule has 1 heterocycles. The fraction of sp³-hybridized carbons (Fsp3) is 0.381. The van der Waals surface area contributed by atoms with Crippen LogP contribution in [0.3, 0.4) is 0 Å². The minimum atomic E-state index is -0.598. The van der Waals surface area contributed by atoms with E-state index in [1.807, 2.05) is 42.5 Å². The first kappa shape index (κ1) is 16.8. The van der Waals surface area contributed by atoms with Crippen LogP contribution in [0.5, 0.6) is 0 Å². The van der Waals surface area contributed by atoms with Crippen molar-refractivity contribution in [2.75, 3.05) is 0 Å². The number of esters is 1. The molecule has 1 aliphatic heterocycles. The SMILES string of the molecule is CC1=NC(=O)NC(c2cccc3ccccc23)C1C(=O)OC1CCCC1. The molecule has 1 fully saturated rings. The number of fused-ring (bicyclic) bond motifs is 1. The van der Waals surface area contributed by atoms with Gasteiger partial charge in [-0.2, -0.15) is 0 Å². The Kier molecular flexibility index (Phi) is 4.45. The lowest BCUT2D eigenvalue weighted by Crippen LogP contribution is -2.45. The second kappa shape index (κ2) is 6.90. The van der Waals surface area contributed by atoms with Crippen LogP contribution in [-0.2, 0) is 9.53 Å². The van der Waals surface area contributed by atoms with Crippen LogP contribution >= 0.6 is 0 Å². The lowest BCUT2D eigenvalue weighted by molar-refractivity contribution is -0.152. The summed E-state index contributed by atoms with van der Waals surface area (Å²) < 4.78 is 5.75. The Morgan fingerprint density at radius 1 is 1.12 bits per heavy atom. The predicted molar refractivity (Wildman–Crippen MR) is 100 cm³/mol. The van der Waals surface area contributed by atoms with Crippen LogP contribution in [0.25, 0.3) is 10.8 Å². The van der Waals surface area contributed by atoms with E-state index in [9.17, 15) is 9.59 Å². The fourth-order valence-electron chi connectivity index (χ4n) is 4.05. The van der Waals surface area contributed by atoms with Gasteiger partial charge in [0, 0.05) is 5.71 Å². The van der Waals surface area contributed by atoms with E-state index in [4.69, 9.17) is 4.74 Å². The zero-order valence-electron chi connectivity index (χ0n) is 14.8. The zero-order valence-corrected chi connectivity index (χ0v) is 14.8. The molecule has 2 atom stereocenters. The number of carbonyl (C=O) groups is 2. The minimum Gasteiger partial charge on any atom is -0.462 e. The highest BCUT2D eigenvalue weighted by molar-refractivity contribution is 6.08. The van der Waals surface area contributed by atoms with Gasteiger partial charge in [0.1, 0.15) is 12.0 Å². The summed E-state index contributed by atoms with van der Waals surface area (Å²) >= 11 is 0. The Bertz CT molecular complexity index is 878. The number of rotatable bonds is 3. The number of hydrogen-bond donors (Lipinski definition) is 1. The van der Waals surface area contributed by atoms with Gasteiger partial charge in [0.2, 0.25) is 0 Å². The molecule has 5 heteroatoms. The molecule has 26 heavy (non-hydrogen) atoms. The van der Waals surface area contributed by atoms with Crippen LogP contribution in [0.2, 0.25) is 0 Å². The Morgan fingerprint density at radius 3 is 2.65 bits per heavy atom. The molecule has 4 rings (SSSR count). The summed E-state index contributed by atoms with van der Waals surface area (Å²) in [6, 6.07) is 13.0. The van der Waals surface area contributed by atoms with E-state index in [1.165, 1.54) is 0 Å². The maximum Gasteiger partial charge on any atom is 0.341 e. The van der Waals surface area contributed by atoms with Crippen LogP contribution in [0.1, 0.15) is 44.2 Å². The molecule has 2 aromatic carbocycles. The third-order valence-corrected chi connectivity index (χ3v) is 5.34. The predicted octanol–water partition coefficient (Wildman–Crippen LogP) is 4.17. The molecule has 2 aromatic rings.